The summed E-state index contributed by atoms with van der Waals surface area (Å²) >= 11 is 21.3. The van der Waals surface area contributed by atoms with Crippen molar-refractivity contribution in [3.8, 4) is 0 Å². The topological polar surface area (TPSA) is 118 Å². The molecule has 0 bridgehead atoms. The van der Waals surface area contributed by atoms with Gasteiger partial charge in [-0.15, -0.1) is 0 Å². The Kier molecular flexibility index (Phi) is 6.99. The molecule has 13 heteroatoms. The molecule has 24 heavy (non-hydrogen) atoms. The van der Waals surface area contributed by atoms with E-state index in [1.54, 1.807) is 5.32 Å². The normalized spacial score (nSPS) is 11.1. The van der Waals surface area contributed by atoms with E-state index in [-0.39, 0.29) is 12.3 Å². The minimum Gasteiger partial charge on any atom is -0.478 e. The van der Waals surface area contributed by atoms with Crippen molar-refractivity contribution in [2.75, 3.05) is 12.4 Å². The van der Waals surface area contributed by atoms with Crippen LogP contribution in [-0.4, -0.2) is 38.9 Å². The van der Waals surface area contributed by atoms with Gasteiger partial charge >= 0.3 is 12.0 Å². The van der Waals surface area contributed by atoms with E-state index < -0.39 is 43.9 Å². The van der Waals surface area contributed by atoms with Gasteiger partial charge < -0.3 is 15.2 Å². The number of amides is 3. The molecular formula is C11H8Cl4FN3O5. The van der Waals surface area contributed by atoms with E-state index in [0.29, 0.717) is 0 Å². The first-order chi connectivity index (χ1) is 11.0. The van der Waals surface area contributed by atoms with Gasteiger partial charge in [-0.25, -0.2) is 19.0 Å². The number of rotatable bonds is 4. The Morgan fingerprint density at radius 3 is 2.38 bits per heavy atom. The maximum Gasteiger partial charge on any atom is 0.339 e. The van der Waals surface area contributed by atoms with Crippen molar-refractivity contribution in [1.82, 2.24) is 10.3 Å². The van der Waals surface area contributed by atoms with E-state index in [4.69, 9.17) is 51.1 Å². The van der Waals surface area contributed by atoms with Crippen LogP contribution in [0, 0.1) is 5.82 Å². The number of imide groups is 1. The molecule has 0 radical (unpaired) electrons. The van der Waals surface area contributed by atoms with Crippen molar-refractivity contribution < 1.29 is 28.6 Å². The van der Waals surface area contributed by atoms with Crippen LogP contribution in [0.5, 0.6) is 0 Å². The Hall–Kier alpha value is -1.39. The van der Waals surface area contributed by atoms with E-state index in [9.17, 15) is 23.9 Å². The number of halogens is 5. The minimum absolute atomic E-state index is 0.251. The van der Waals surface area contributed by atoms with E-state index in [1.807, 2.05) is 5.32 Å². The largest absolute Gasteiger partial charge is 0.478 e. The number of methoxy groups -OCH3 is 1. The molecule has 0 spiro atoms. The highest BCUT2D eigenvalue weighted by atomic mass is 35.6. The number of pyridine rings is 1. The van der Waals surface area contributed by atoms with Crippen LogP contribution in [0.4, 0.5) is 14.9 Å². The zero-order valence-corrected chi connectivity index (χ0v) is 14.6. The van der Waals surface area contributed by atoms with Gasteiger partial charge in [0.15, 0.2) is 11.0 Å². The number of aromatic carboxylic acids is 1. The lowest BCUT2D eigenvalue weighted by molar-refractivity contribution is -0.119. The summed E-state index contributed by atoms with van der Waals surface area (Å²) in [6, 6.07) is -1.35. The third-order valence-corrected chi connectivity index (χ3v) is 3.16. The fraction of sp³-hybridized carbons (Fsp3) is 0.273. The summed E-state index contributed by atoms with van der Waals surface area (Å²) in [6.45, 7) is -0.328. The van der Waals surface area contributed by atoms with Crippen molar-refractivity contribution in [1.29, 1.82) is 0 Å². The van der Waals surface area contributed by atoms with Crippen LogP contribution in [0.2, 0.25) is 5.15 Å². The lowest BCUT2D eigenvalue weighted by Gasteiger charge is -2.15. The predicted molar refractivity (Wildman–Crippen MR) is 84.3 cm³/mol. The number of urea groups is 1. The molecule has 3 N–H and O–H groups in total. The van der Waals surface area contributed by atoms with Gasteiger partial charge in [0.1, 0.15) is 5.56 Å². The van der Waals surface area contributed by atoms with Crippen LogP contribution in [0.25, 0.3) is 0 Å². The van der Waals surface area contributed by atoms with Gasteiger partial charge in [-0.3, -0.25) is 10.1 Å². The number of alkyl halides is 3. The summed E-state index contributed by atoms with van der Waals surface area (Å²) in [6.07, 6.45) is 0. The summed E-state index contributed by atoms with van der Waals surface area (Å²) in [7, 11) is 1.24. The van der Waals surface area contributed by atoms with Gasteiger partial charge in [0.25, 0.3) is 9.70 Å². The number of aromatic nitrogens is 1. The Morgan fingerprint density at radius 2 is 1.92 bits per heavy atom. The van der Waals surface area contributed by atoms with Crippen LogP contribution in [0.3, 0.4) is 0 Å². The van der Waals surface area contributed by atoms with Crippen LogP contribution in [-0.2, 0) is 16.1 Å². The molecule has 1 aromatic rings. The van der Waals surface area contributed by atoms with Gasteiger partial charge in [-0.1, -0.05) is 46.4 Å². The molecule has 0 atom stereocenters. The highest BCUT2D eigenvalue weighted by Crippen LogP contribution is 2.29. The number of carbonyl (C=O) groups excluding carboxylic acids is 2. The number of anilines is 1. The molecule has 0 aliphatic carbocycles. The Balaban J connectivity index is 3.25. The molecule has 3 amide bonds. The fourth-order valence-electron chi connectivity index (χ4n) is 1.49. The van der Waals surface area contributed by atoms with Crippen LogP contribution >= 0.6 is 46.4 Å². The van der Waals surface area contributed by atoms with Gasteiger partial charge in [0.2, 0.25) is 0 Å². The SMILES string of the molecule is COCc1nc(Cl)c(F)c(NC(=O)NC(=O)C(Cl)(Cl)Cl)c1C(=O)O. The Bertz CT molecular complexity index is 695. The average molecular weight is 423 g/mol. The van der Waals surface area contributed by atoms with Gasteiger partial charge in [-0.05, 0) is 0 Å². The van der Waals surface area contributed by atoms with Gasteiger partial charge in [-0.2, -0.15) is 0 Å². The fourth-order valence-corrected chi connectivity index (χ4v) is 1.83. The quantitative estimate of drug-likeness (QED) is 0.507. The van der Waals surface area contributed by atoms with E-state index in [1.165, 1.54) is 7.11 Å². The molecule has 0 fully saturated rings. The predicted octanol–water partition coefficient (Wildman–Crippen LogP) is 2.74. The van der Waals surface area contributed by atoms with E-state index >= 15 is 0 Å². The number of hydrogen-bond donors (Lipinski definition) is 3. The number of carboxylic acid groups (broad SMARTS) is 1. The molecule has 0 aliphatic heterocycles. The highest BCUT2D eigenvalue weighted by Gasteiger charge is 2.33. The maximum absolute atomic E-state index is 14.1. The van der Waals surface area contributed by atoms with Crippen molar-refractivity contribution >= 4 is 70.0 Å². The third-order valence-electron chi connectivity index (χ3n) is 2.39. The number of nitrogens with one attached hydrogen (secondary N) is 2. The molecule has 0 aromatic carbocycles. The van der Waals surface area contributed by atoms with Crippen molar-refractivity contribution in [3.05, 3.63) is 22.2 Å². The summed E-state index contributed by atoms with van der Waals surface area (Å²) < 4.78 is 16.4. The van der Waals surface area contributed by atoms with Crippen molar-refractivity contribution in [2.45, 2.75) is 10.4 Å². The number of carbonyl (C=O) groups is 3. The van der Waals surface area contributed by atoms with Crippen LogP contribution in [0.15, 0.2) is 0 Å². The molecule has 0 saturated heterocycles. The molecule has 132 valence electrons. The zero-order chi connectivity index (χ0) is 18.7. The summed E-state index contributed by atoms with van der Waals surface area (Å²) in [5, 5.41) is 11.9. The van der Waals surface area contributed by atoms with Gasteiger partial charge in [0, 0.05) is 7.11 Å². The van der Waals surface area contributed by atoms with E-state index in [2.05, 4.69) is 4.98 Å². The minimum atomic E-state index is -2.46. The van der Waals surface area contributed by atoms with Crippen LogP contribution < -0.4 is 10.6 Å². The summed E-state index contributed by atoms with van der Waals surface area (Å²) in [4.78, 5) is 37.9. The molecule has 0 saturated carbocycles. The Morgan fingerprint density at radius 1 is 1.33 bits per heavy atom. The maximum atomic E-state index is 14.1. The molecular weight excluding hydrogens is 415 g/mol. The first-order valence-electron chi connectivity index (χ1n) is 5.78. The molecule has 1 rings (SSSR count). The number of hydrogen-bond acceptors (Lipinski definition) is 5. The van der Waals surface area contributed by atoms with Gasteiger partial charge in [0.05, 0.1) is 18.0 Å². The third kappa shape index (κ3) is 5.05. The Labute approximate surface area is 154 Å². The molecule has 1 heterocycles. The molecule has 8 nitrogen and oxygen atoms in total. The lowest BCUT2D eigenvalue weighted by Crippen LogP contribution is -2.41. The molecule has 0 unspecified atom stereocenters. The second-order valence-corrected chi connectivity index (χ2v) is 6.70. The number of ether oxygens (including phenoxy) is 1. The lowest BCUT2D eigenvalue weighted by atomic mass is 10.1. The smallest absolute Gasteiger partial charge is 0.339 e. The van der Waals surface area contributed by atoms with Crippen molar-refractivity contribution in [2.24, 2.45) is 0 Å². The highest BCUT2D eigenvalue weighted by molar-refractivity contribution is 6.76. The van der Waals surface area contributed by atoms with E-state index in [0.717, 1.165) is 0 Å². The standard InChI is InChI=1S/C11H8Cl4FN3O5/c1-24-2-3-4(8(20)21)6(5(16)7(12)17-3)18-10(23)19-9(22)11(13,14)15/h2H2,1H3,(H,20,21)(H2,17,18,19,22,23). The first-order valence-corrected chi connectivity index (χ1v) is 7.29. The number of nitrogens with zero attached hydrogens (tertiary/aromatic N) is 1. The average Bonchev–Trinajstić information content (AvgIpc) is 2.43. The molecule has 0 aliphatic rings. The zero-order valence-electron chi connectivity index (χ0n) is 11.6. The number of carboxylic acids is 1. The summed E-state index contributed by atoms with van der Waals surface area (Å²) in [5.74, 6) is -4.28. The first kappa shape index (κ1) is 20.7. The second-order valence-electron chi connectivity index (χ2n) is 4.06. The second kappa shape index (κ2) is 8.13. The molecule has 1 aromatic heterocycles. The monoisotopic (exact) mass is 421 g/mol. The van der Waals surface area contributed by atoms with Crippen LogP contribution in [0.1, 0.15) is 16.1 Å². The van der Waals surface area contributed by atoms with Crippen molar-refractivity contribution in [3.63, 3.8) is 0 Å². The summed E-state index contributed by atoms with van der Waals surface area (Å²) in [5.41, 5.74) is -1.79.